The highest BCUT2D eigenvalue weighted by Crippen LogP contribution is 2.49. The molecule has 0 amide bonds. The number of rotatable bonds is 4. The molecule has 0 saturated carbocycles. The fraction of sp³-hybridized carbons (Fsp3) is 0.381. The zero-order valence-electron chi connectivity index (χ0n) is 15.5. The van der Waals surface area contributed by atoms with E-state index < -0.39 is 6.10 Å². The quantitative estimate of drug-likeness (QED) is 0.664. The summed E-state index contributed by atoms with van der Waals surface area (Å²) < 4.78 is 7.81. The van der Waals surface area contributed by atoms with E-state index in [1.54, 1.807) is 6.21 Å². The van der Waals surface area contributed by atoms with Gasteiger partial charge in [-0.2, -0.15) is 0 Å². The standard InChI is InChI=1S/C21H26NO2S/c1-13-14(2)21-18(10-19(13)24-12-16(23)11-22(4)5)15(3)17-8-6-7-9-20(17)25-21/h6-11,15-16,23H,12H2,1-5H3/q+1. The maximum atomic E-state index is 10.0. The van der Waals surface area contributed by atoms with Crippen LogP contribution < -0.4 is 4.74 Å². The fourth-order valence-electron chi connectivity index (χ4n) is 3.26. The van der Waals surface area contributed by atoms with Gasteiger partial charge in [0.15, 0.2) is 12.3 Å². The van der Waals surface area contributed by atoms with Gasteiger partial charge in [-0.25, -0.2) is 4.58 Å². The smallest absolute Gasteiger partial charge is 0.171 e. The molecule has 3 rings (SSSR count). The Morgan fingerprint density at radius 1 is 1.20 bits per heavy atom. The van der Waals surface area contributed by atoms with Gasteiger partial charge >= 0.3 is 0 Å². The summed E-state index contributed by atoms with van der Waals surface area (Å²) in [6.45, 7) is 6.77. The molecule has 0 aliphatic carbocycles. The lowest BCUT2D eigenvalue weighted by molar-refractivity contribution is -0.462. The number of aliphatic hydroxyl groups excluding tert-OH is 1. The maximum absolute atomic E-state index is 10.0. The summed E-state index contributed by atoms with van der Waals surface area (Å²) in [5, 5.41) is 10.0. The summed E-state index contributed by atoms with van der Waals surface area (Å²) >= 11 is 1.85. The van der Waals surface area contributed by atoms with E-state index in [9.17, 15) is 5.11 Å². The first-order valence-corrected chi connectivity index (χ1v) is 9.43. The number of fused-ring (bicyclic) bond motifs is 2. The molecule has 0 radical (unpaired) electrons. The fourth-order valence-corrected chi connectivity index (χ4v) is 4.65. The van der Waals surface area contributed by atoms with E-state index in [-0.39, 0.29) is 6.61 Å². The molecular formula is C21H26NO2S+. The zero-order chi connectivity index (χ0) is 18.1. The predicted octanol–water partition coefficient (Wildman–Crippen LogP) is 4.00. The first-order chi connectivity index (χ1) is 11.9. The van der Waals surface area contributed by atoms with Gasteiger partial charge < -0.3 is 9.84 Å². The summed E-state index contributed by atoms with van der Waals surface area (Å²) in [5.74, 6) is 1.21. The molecule has 2 aromatic carbocycles. The molecule has 2 atom stereocenters. The Hall–Kier alpha value is -1.78. The van der Waals surface area contributed by atoms with Gasteiger partial charge in [-0.15, -0.1) is 0 Å². The van der Waals surface area contributed by atoms with Crippen LogP contribution >= 0.6 is 11.8 Å². The van der Waals surface area contributed by atoms with Crippen molar-refractivity contribution in [2.45, 2.75) is 42.6 Å². The van der Waals surface area contributed by atoms with Crippen LogP contribution in [0.4, 0.5) is 0 Å². The molecule has 4 heteroatoms. The van der Waals surface area contributed by atoms with Gasteiger partial charge in [0.2, 0.25) is 0 Å². The first kappa shape index (κ1) is 18.0. The van der Waals surface area contributed by atoms with Crippen LogP contribution in [0.1, 0.15) is 35.1 Å². The molecule has 25 heavy (non-hydrogen) atoms. The third-order valence-corrected chi connectivity index (χ3v) is 6.10. The van der Waals surface area contributed by atoms with E-state index in [2.05, 4.69) is 51.1 Å². The van der Waals surface area contributed by atoms with Gasteiger partial charge in [0.05, 0.1) is 0 Å². The van der Waals surface area contributed by atoms with Gasteiger partial charge in [0.25, 0.3) is 0 Å². The van der Waals surface area contributed by atoms with Gasteiger partial charge in [0, 0.05) is 15.7 Å². The highest BCUT2D eigenvalue weighted by atomic mass is 32.2. The lowest BCUT2D eigenvalue weighted by Gasteiger charge is -2.28. The minimum atomic E-state index is -0.613. The number of hydrogen-bond donors (Lipinski definition) is 1. The first-order valence-electron chi connectivity index (χ1n) is 8.61. The van der Waals surface area contributed by atoms with Crippen molar-refractivity contribution in [3.05, 3.63) is 52.6 Å². The summed E-state index contributed by atoms with van der Waals surface area (Å²) in [6.07, 6.45) is 1.13. The largest absolute Gasteiger partial charge is 0.490 e. The molecule has 2 aromatic rings. The molecule has 0 aromatic heterocycles. The van der Waals surface area contributed by atoms with Crippen molar-refractivity contribution in [3.8, 4) is 5.75 Å². The van der Waals surface area contributed by atoms with Crippen LogP contribution in [0.2, 0.25) is 0 Å². The highest BCUT2D eigenvalue weighted by Gasteiger charge is 2.26. The van der Waals surface area contributed by atoms with E-state index in [0.717, 1.165) is 11.3 Å². The van der Waals surface area contributed by atoms with Crippen molar-refractivity contribution in [1.82, 2.24) is 0 Å². The third-order valence-electron chi connectivity index (χ3n) is 4.77. The van der Waals surface area contributed by atoms with E-state index in [4.69, 9.17) is 4.74 Å². The average molecular weight is 357 g/mol. The molecular weight excluding hydrogens is 330 g/mol. The molecule has 0 bridgehead atoms. The predicted molar refractivity (Wildman–Crippen MR) is 104 cm³/mol. The Labute approximate surface area is 154 Å². The minimum absolute atomic E-state index is 0.259. The summed E-state index contributed by atoms with van der Waals surface area (Å²) in [6, 6.07) is 10.8. The third kappa shape index (κ3) is 3.60. The van der Waals surface area contributed by atoms with Crippen molar-refractivity contribution in [1.29, 1.82) is 0 Å². The van der Waals surface area contributed by atoms with Crippen LogP contribution in [0.3, 0.4) is 0 Å². The zero-order valence-corrected chi connectivity index (χ0v) is 16.4. The summed E-state index contributed by atoms with van der Waals surface area (Å²) in [5.41, 5.74) is 5.10. The lowest BCUT2D eigenvalue weighted by atomic mass is 9.90. The second-order valence-electron chi connectivity index (χ2n) is 6.90. The van der Waals surface area contributed by atoms with Gasteiger partial charge in [-0.3, -0.25) is 0 Å². The van der Waals surface area contributed by atoms with Crippen LogP contribution in [-0.4, -0.2) is 42.7 Å². The molecule has 132 valence electrons. The minimum Gasteiger partial charge on any atom is -0.490 e. The molecule has 1 N–H and O–H groups in total. The van der Waals surface area contributed by atoms with Gasteiger partial charge in [-0.1, -0.05) is 36.9 Å². The number of hydrogen-bond acceptors (Lipinski definition) is 3. The van der Waals surface area contributed by atoms with Crippen LogP contribution in [-0.2, 0) is 0 Å². The van der Waals surface area contributed by atoms with Crippen molar-refractivity contribution < 1.29 is 14.4 Å². The Balaban J connectivity index is 1.93. The second-order valence-corrected chi connectivity index (χ2v) is 7.95. The molecule has 1 aliphatic rings. The summed E-state index contributed by atoms with van der Waals surface area (Å²) in [4.78, 5) is 2.69. The molecule has 0 spiro atoms. The number of nitrogens with zero attached hydrogens (tertiary/aromatic N) is 1. The van der Waals surface area contributed by atoms with Gasteiger partial charge in [-0.05, 0) is 48.2 Å². The number of ether oxygens (including phenoxy) is 1. The number of benzene rings is 2. The van der Waals surface area contributed by atoms with Crippen molar-refractivity contribution in [2.75, 3.05) is 20.7 Å². The highest BCUT2D eigenvalue weighted by molar-refractivity contribution is 7.99. The molecule has 0 fully saturated rings. The molecule has 3 nitrogen and oxygen atoms in total. The van der Waals surface area contributed by atoms with Crippen LogP contribution in [0.15, 0.2) is 40.1 Å². The summed E-state index contributed by atoms with van der Waals surface area (Å²) in [7, 11) is 3.79. The Morgan fingerprint density at radius 3 is 2.64 bits per heavy atom. The molecule has 1 aliphatic heterocycles. The Morgan fingerprint density at radius 2 is 1.92 bits per heavy atom. The SMILES string of the molecule is Cc1c(OCC(O)C=[N+](C)C)cc2c(c1C)Sc1ccccc1C2C. The van der Waals surface area contributed by atoms with E-state index >= 15 is 0 Å². The lowest BCUT2D eigenvalue weighted by Crippen LogP contribution is -2.23. The Kier molecular flexibility index (Phi) is 5.21. The maximum Gasteiger partial charge on any atom is 0.171 e. The topological polar surface area (TPSA) is 32.5 Å². The van der Waals surface area contributed by atoms with Crippen molar-refractivity contribution in [2.24, 2.45) is 0 Å². The van der Waals surface area contributed by atoms with Crippen LogP contribution in [0.5, 0.6) is 5.75 Å². The average Bonchev–Trinajstić information content (AvgIpc) is 2.57. The van der Waals surface area contributed by atoms with Crippen LogP contribution in [0, 0.1) is 13.8 Å². The normalized spacial score (nSPS) is 16.6. The molecule has 0 saturated heterocycles. The van der Waals surface area contributed by atoms with E-state index in [0.29, 0.717) is 5.92 Å². The Bertz CT molecular complexity index is 825. The number of aliphatic hydroxyl groups is 1. The van der Waals surface area contributed by atoms with Gasteiger partial charge in [0.1, 0.15) is 26.5 Å². The second kappa shape index (κ2) is 7.22. The van der Waals surface area contributed by atoms with Crippen LogP contribution in [0.25, 0.3) is 0 Å². The van der Waals surface area contributed by atoms with E-state index in [1.807, 2.05) is 30.4 Å². The molecule has 2 unspecified atom stereocenters. The monoisotopic (exact) mass is 356 g/mol. The van der Waals surface area contributed by atoms with Crippen molar-refractivity contribution >= 4 is 18.0 Å². The van der Waals surface area contributed by atoms with E-state index in [1.165, 1.54) is 26.5 Å². The van der Waals surface area contributed by atoms with Crippen molar-refractivity contribution in [3.63, 3.8) is 0 Å². The molecule has 1 heterocycles.